The number of fused-ring (bicyclic) bond motifs is 1. The minimum absolute atomic E-state index is 0.716. The lowest BCUT2D eigenvalue weighted by Crippen LogP contribution is -2.10. The van der Waals surface area contributed by atoms with Crippen LogP contribution >= 0.6 is 0 Å². The van der Waals surface area contributed by atoms with Gasteiger partial charge in [0, 0.05) is 18.8 Å². The van der Waals surface area contributed by atoms with Crippen molar-refractivity contribution in [3.8, 4) is 0 Å². The zero-order chi connectivity index (χ0) is 13.5. The first-order valence-electron chi connectivity index (χ1n) is 7.06. The fraction of sp³-hybridized carbons (Fsp3) is 0.412. The van der Waals surface area contributed by atoms with E-state index in [1.165, 1.54) is 10.8 Å². The number of hydrogen-bond donors (Lipinski definition) is 1. The van der Waals surface area contributed by atoms with Gasteiger partial charge in [-0.2, -0.15) is 0 Å². The molecule has 1 N–H and O–H groups in total. The molecule has 2 aromatic carbocycles. The van der Waals surface area contributed by atoms with Gasteiger partial charge in [-0.1, -0.05) is 44.2 Å². The Balaban J connectivity index is 1.75. The van der Waals surface area contributed by atoms with Gasteiger partial charge in [0.05, 0.1) is 6.61 Å². The molecule has 0 fully saturated rings. The highest BCUT2D eigenvalue weighted by atomic mass is 16.5. The first-order chi connectivity index (χ1) is 9.25. The minimum Gasteiger partial charge on any atom is -0.383 e. The number of anilines is 1. The maximum Gasteiger partial charge on any atom is 0.0639 e. The summed E-state index contributed by atoms with van der Waals surface area (Å²) in [5.74, 6) is 0.716. The maximum absolute atomic E-state index is 5.59. The molecule has 2 heteroatoms. The molecule has 0 amide bonds. The second kappa shape index (κ2) is 7.15. The summed E-state index contributed by atoms with van der Waals surface area (Å²) in [4.78, 5) is 0. The molecule has 2 rings (SSSR count). The zero-order valence-electron chi connectivity index (χ0n) is 11.9. The van der Waals surface area contributed by atoms with Crippen LogP contribution in [-0.4, -0.2) is 19.8 Å². The molecule has 0 aromatic heterocycles. The average molecular weight is 257 g/mol. The molecule has 2 nitrogen and oxygen atoms in total. The molecular formula is C17H23NO. The Hall–Kier alpha value is -1.54. The quantitative estimate of drug-likeness (QED) is 0.746. The molecule has 102 valence electrons. The fourth-order valence-electron chi connectivity index (χ4n) is 1.99. The number of benzene rings is 2. The number of nitrogens with one attached hydrogen (secondary N) is 1. The van der Waals surface area contributed by atoms with Crippen LogP contribution in [0.2, 0.25) is 0 Å². The van der Waals surface area contributed by atoms with E-state index < -0.39 is 0 Å². The van der Waals surface area contributed by atoms with Gasteiger partial charge in [-0.25, -0.2) is 0 Å². The van der Waals surface area contributed by atoms with Crippen LogP contribution in [0.1, 0.15) is 20.3 Å². The summed E-state index contributed by atoms with van der Waals surface area (Å²) < 4.78 is 5.59. The van der Waals surface area contributed by atoms with Crippen LogP contribution in [0.15, 0.2) is 42.5 Å². The summed E-state index contributed by atoms with van der Waals surface area (Å²) in [7, 11) is 0. The van der Waals surface area contributed by atoms with Crippen molar-refractivity contribution in [2.24, 2.45) is 5.92 Å². The second-order valence-electron chi connectivity index (χ2n) is 5.28. The van der Waals surface area contributed by atoms with E-state index in [0.29, 0.717) is 5.92 Å². The first-order valence-corrected chi connectivity index (χ1v) is 7.06. The predicted molar refractivity (Wildman–Crippen MR) is 82.7 cm³/mol. The maximum atomic E-state index is 5.59. The Bertz CT molecular complexity index is 507. The Morgan fingerprint density at radius 3 is 2.58 bits per heavy atom. The SMILES string of the molecule is CC(C)CCOCCNc1ccc2ccccc2c1. The molecule has 0 aliphatic heterocycles. The van der Waals surface area contributed by atoms with Crippen LogP contribution in [0.25, 0.3) is 10.8 Å². The van der Waals surface area contributed by atoms with Crippen molar-refractivity contribution in [2.75, 3.05) is 25.1 Å². The molecule has 0 bridgehead atoms. The Morgan fingerprint density at radius 1 is 1.00 bits per heavy atom. The predicted octanol–water partition coefficient (Wildman–Crippen LogP) is 4.31. The highest BCUT2D eigenvalue weighted by Gasteiger charge is 1.96. The van der Waals surface area contributed by atoms with Crippen LogP contribution in [0, 0.1) is 5.92 Å². The highest BCUT2D eigenvalue weighted by molar-refractivity contribution is 5.85. The molecular weight excluding hydrogens is 234 g/mol. The van der Waals surface area contributed by atoms with E-state index in [9.17, 15) is 0 Å². The molecule has 0 aliphatic rings. The normalized spacial score (nSPS) is 11.1. The minimum atomic E-state index is 0.716. The van der Waals surface area contributed by atoms with Crippen molar-refractivity contribution in [2.45, 2.75) is 20.3 Å². The lowest BCUT2D eigenvalue weighted by molar-refractivity contribution is 0.132. The van der Waals surface area contributed by atoms with Gasteiger partial charge >= 0.3 is 0 Å². The van der Waals surface area contributed by atoms with Gasteiger partial charge in [-0.3, -0.25) is 0 Å². The van der Waals surface area contributed by atoms with Crippen molar-refractivity contribution in [1.82, 2.24) is 0 Å². The summed E-state index contributed by atoms with van der Waals surface area (Å²) in [5, 5.41) is 5.95. The third-order valence-corrected chi connectivity index (χ3v) is 3.16. The average Bonchev–Trinajstić information content (AvgIpc) is 2.42. The smallest absolute Gasteiger partial charge is 0.0639 e. The lowest BCUT2D eigenvalue weighted by atomic mass is 10.1. The highest BCUT2D eigenvalue weighted by Crippen LogP contribution is 2.18. The second-order valence-corrected chi connectivity index (χ2v) is 5.28. The van der Waals surface area contributed by atoms with Crippen LogP contribution in [0.4, 0.5) is 5.69 Å². The number of rotatable bonds is 7. The monoisotopic (exact) mass is 257 g/mol. The molecule has 0 saturated heterocycles. The van der Waals surface area contributed by atoms with E-state index in [2.05, 4.69) is 61.6 Å². The molecule has 0 heterocycles. The third-order valence-electron chi connectivity index (χ3n) is 3.16. The third kappa shape index (κ3) is 4.56. The van der Waals surface area contributed by atoms with Gasteiger partial charge in [-0.15, -0.1) is 0 Å². The number of hydrogen-bond acceptors (Lipinski definition) is 2. The van der Waals surface area contributed by atoms with E-state index in [4.69, 9.17) is 4.74 Å². The molecule has 19 heavy (non-hydrogen) atoms. The van der Waals surface area contributed by atoms with Crippen molar-refractivity contribution in [1.29, 1.82) is 0 Å². The summed E-state index contributed by atoms with van der Waals surface area (Å²) in [6, 6.07) is 14.9. The van der Waals surface area contributed by atoms with Crippen molar-refractivity contribution >= 4 is 16.5 Å². The number of ether oxygens (including phenoxy) is 1. The van der Waals surface area contributed by atoms with E-state index in [1.54, 1.807) is 0 Å². The van der Waals surface area contributed by atoms with Gasteiger partial charge < -0.3 is 10.1 Å². The largest absolute Gasteiger partial charge is 0.383 e. The van der Waals surface area contributed by atoms with Gasteiger partial charge in [0.15, 0.2) is 0 Å². The summed E-state index contributed by atoms with van der Waals surface area (Å²) in [6.45, 7) is 6.92. The standard InChI is InChI=1S/C17H23NO/c1-14(2)9-11-19-12-10-18-17-8-7-15-5-3-4-6-16(15)13-17/h3-8,13-14,18H,9-12H2,1-2H3. The van der Waals surface area contributed by atoms with E-state index >= 15 is 0 Å². The van der Waals surface area contributed by atoms with E-state index in [1.807, 2.05) is 0 Å². The van der Waals surface area contributed by atoms with Gasteiger partial charge in [0.1, 0.15) is 0 Å². The van der Waals surface area contributed by atoms with E-state index in [0.717, 1.165) is 31.9 Å². The molecule has 0 aliphatic carbocycles. The van der Waals surface area contributed by atoms with Crippen LogP contribution in [0.3, 0.4) is 0 Å². The topological polar surface area (TPSA) is 21.3 Å². The molecule has 0 atom stereocenters. The summed E-state index contributed by atoms with van der Waals surface area (Å²) >= 11 is 0. The Morgan fingerprint density at radius 2 is 1.79 bits per heavy atom. The lowest BCUT2D eigenvalue weighted by Gasteiger charge is -2.09. The van der Waals surface area contributed by atoms with Crippen LogP contribution in [-0.2, 0) is 4.74 Å². The van der Waals surface area contributed by atoms with Crippen molar-refractivity contribution in [3.05, 3.63) is 42.5 Å². The van der Waals surface area contributed by atoms with Gasteiger partial charge in [0.2, 0.25) is 0 Å². The van der Waals surface area contributed by atoms with Gasteiger partial charge in [0.25, 0.3) is 0 Å². The summed E-state index contributed by atoms with van der Waals surface area (Å²) in [5.41, 5.74) is 1.16. The molecule has 0 spiro atoms. The molecule has 2 aromatic rings. The van der Waals surface area contributed by atoms with Crippen molar-refractivity contribution in [3.63, 3.8) is 0 Å². The molecule has 0 radical (unpaired) electrons. The molecule has 0 unspecified atom stereocenters. The van der Waals surface area contributed by atoms with Crippen molar-refractivity contribution < 1.29 is 4.74 Å². The Labute approximate surface area is 115 Å². The van der Waals surface area contributed by atoms with Gasteiger partial charge in [-0.05, 0) is 35.2 Å². The summed E-state index contributed by atoms with van der Waals surface area (Å²) in [6.07, 6.45) is 1.13. The Kier molecular flexibility index (Phi) is 5.22. The molecule has 0 saturated carbocycles. The fourth-order valence-corrected chi connectivity index (χ4v) is 1.99. The van der Waals surface area contributed by atoms with Crippen LogP contribution < -0.4 is 5.32 Å². The van der Waals surface area contributed by atoms with Crippen LogP contribution in [0.5, 0.6) is 0 Å². The van der Waals surface area contributed by atoms with E-state index in [-0.39, 0.29) is 0 Å². The zero-order valence-corrected chi connectivity index (χ0v) is 11.9. The first kappa shape index (κ1) is 13.9.